The summed E-state index contributed by atoms with van der Waals surface area (Å²) in [5, 5.41) is 0. The normalized spacial score (nSPS) is 18.2. The summed E-state index contributed by atoms with van der Waals surface area (Å²) in [6.45, 7) is 2.85. The van der Waals surface area contributed by atoms with Crippen LogP contribution in [0.4, 0.5) is 5.69 Å². The molecule has 0 unspecified atom stereocenters. The molecule has 2 aromatic carbocycles. The van der Waals surface area contributed by atoms with Crippen molar-refractivity contribution in [3.05, 3.63) is 70.9 Å². The zero-order chi connectivity index (χ0) is 18.8. The van der Waals surface area contributed by atoms with Gasteiger partial charge in [-0.25, -0.2) is 9.79 Å². The van der Waals surface area contributed by atoms with E-state index in [1.165, 1.54) is 5.56 Å². The molecule has 2 aromatic rings. The van der Waals surface area contributed by atoms with Crippen LogP contribution in [-0.2, 0) is 20.7 Å². The predicted octanol–water partition coefficient (Wildman–Crippen LogP) is 3.72. The number of nitrogens with zero attached hydrogens (tertiary/aromatic N) is 2. The highest BCUT2D eigenvalue weighted by Crippen LogP contribution is 2.24. The van der Waals surface area contributed by atoms with Crippen molar-refractivity contribution in [1.82, 2.24) is 0 Å². The Kier molecular flexibility index (Phi) is 4.59. The Labute approximate surface area is 158 Å². The summed E-state index contributed by atoms with van der Waals surface area (Å²) >= 11 is 0. The molecule has 0 aliphatic carbocycles. The van der Waals surface area contributed by atoms with Crippen LogP contribution >= 0.6 is 0 Å². The summed E-state index contributed by atoms with van der Waals surface area (Å²) in [5.41, 5.74) is 4.01. The van der Waals surface area contributed by atoms with Gasteiger partial charge >= 0.3 is 5.97 Å². The summed E-state index contributed by atoms with van der Waals surface area (Å²) in [7, 11) is 0. The Morgan fingerprint density at radius 1 is 1.07 bits per heavy atom. The van der Waals surface area contributed by atoms with Gasteiger partial charge in [-0.3, -0.25) is 4.79 Å². The van der Waals surface area contributed by atoms with E-state index < -0.39 is 5.97 Å². The van der Waals surface area contributed by atoms with Crippen molar-refractivity contribution >= 4 is 29.5 Å². The smallest absolute Gasteiger partial charge is 0.363 e. The number of benzene rings is 2. The molecule has 0 radical (unpaired) electrons. The number of hydrogen-bond acceptors (Lipinski definition) is 4. The quantitative estimate of drug-likeness (QED) is 0.617. The van der Waals surface area contributed by atoms with Gasteiger partial charge in [0.05, 0.1) is 0 Å². The molecule has 1 saturated heterocycles. The molecular formula is C22H20N2O3. The number of aliphatic imine (C=N–C) groups is 1. The Morgan fingerprint density at radius 2 is 1.81 bits per heavy atom. The average Bonchev–Trinajstić information content (AvgIpc) is 3.28. The van der Waals surface area contributed by atoms with Gasteiger partial charge in [0.15, 0.2) is 5.70 Å². The number of hydrogen-bond donors (Lipinski definition) is 0. The first-order chi connectivity index (χ1) is 13.1. The van der Waals surface area contributed by atoms with Crippen LogP contribution in [0.5, 0.6) is 0 Å². The minimum Gasteiger partial charge on any atom is -0.402 e. The summed E-state index contributed by atoms with van der Waals surface area (Å²) in [6, 6.07) is 15.4. The highest BCUT2D eigenvalue weighted by Gasteiger charge is 2.25. The molecule has 2 aliphatic rings. The number of amides is 1. The van der Waals surface area contributed by atoms with E-state index in [1.807, 2.05) is 48.5 Å². The van der Waals surface area contributed by atoms with Gasteiger partial charge < -0.3 is 9.64 Å². The van der Waals surface area contributed by atoms with Gasteiger partial charge in [-0.1, -0.05) is 31.2 Å². The van der Waals surface area contributed by atoms with Crippen LogP contribution in [0.3, 0.4) is 0 Å². The molecule has 0 bridgehead atoms. The van der Waals surface area contributed by atoms with Gasteiger partial charge in [0.2, 0.25) is 11.8 Å². The summed E-state index contributed by atoms with van der Waals surface area (Å²) in [4.78, 5) is 30.1. The molecule has 0 aromatic heterocycles. The van der Waals surface area contributed by atoms with E-state index in [4.69, 9.17) is 4.74 Å². The van der Waals surface area contributed by atoms with Gasteiger partial charge in [0, 0.05) is 24.2 Å². The lowest BCUT2D eigenvalue weighted by Gasteiger charge is -2.15. The number of cyclic esters (lactones) is 1. The maximum Gasteiger partial charge on any atom is 0.363 e. The molecule has 4 rings (SSSR count). The molecule has 2 heterocycles. The third-order valence-corrected chi connectivity index (χ3v) is 4.81. The van der Waals surface area contributed by atoms with E-state index in [2.05, 4.69) is 11.9 Å². The molecular weight excluding hydrogens is 340 g/mol. The first-order valence-electron chi connectivity index (χ1n) is 9.16. The topological polar surface area (TPSA) is 59.0 Å². The van der Waals surface area contributed by atoms with Crippen LogP contribution < -0.4 is 4.90 Å². The fourth-order valence-electron chi connectivity index (χ4n) is 3.25. The maximum atomic E-state index is 12.1. The van der Waals surface area contributed by atoms with Crippen molar-refractivity contribution in [3.63, 3.8) is 0 Å². The number of rotatable bonds is 4. The predicted molar refractivity (Wildman–Crippen MR) is 104 cm³/mol. The van der Waals surface area contributed by atoms with E-state index >= 15 is 0 Å². The molecule has 1 fully saturated rings. The van der Waals surface area contributed by atoms with Crippen LogP contribution in [0.2, 0.25) is 0 Å². The third-order valence-electron chi connectivity index (χ3n) is 4.81. The fourth-order valence-corrected chi connectivity index (χ4v) is 3.25. The largest absolute Gasteiger partial charge is 0.402 e. The van der Waals surface area contributed by atoms with Crippen molar-refractivity contribution in [2.24, 2.45) is 4.99 Å². The fraction of sp³-hybridized carbons (Fsp3) is 0.227. The van der Waals surface area contributed by atoms with Crippen molar-refractivity contribution in [3.8, 4) is 0 Å². The number of ether oxygens (including phenoxy) is 1. The van der Waals surface area contributed by atoms with Crippen molar-refractivity contribution in [2.75, 3.05) is 11.4 Å². The van der Waals surface area contributed by atoms with E-state index in [1.54, 1.807) is 11.0 Å². The van der Waals surface area contributed by atoms with Crippen LogP contribution in [-0.4, -0.2) is 24.3 Å². The molecule has 0 N–H and O–H groups in total. The third kappa shape index (κ3) is 3.53. The van der Waals surface area contributed by atoms with Gasteiger partial charge in [0.1, 0.15) is 0 Å². The SMILES string of the molecule is CCc1ccc(C=C2N=C(c3ccc(N4CCCC4=O)cc3)OC2=O)cc1. The number of carbonyl (C=O) groups is 2. The lowest BCUT2D eigenvalue weighted by molar-refractivity contribution is -0.130. The second kappa shape index (κ2) is 7.19. The minimum atomic E-state index is -0.455. The lowest BCUT2D eigenvalue weighted by Crippen LogP contribution is -2.23. The minimum absolute atomic E-state index is 0.145. The Hall–Kier alpha value is -3.21. The Bertz CT molecular complexity index is 941. The molecule has 2 aliphatic heterocycles. The lowest BCUT2D eigenvalue weighted by atomic mass is 10.1. The van der Waals surface area contributed by atoms with Gasteiger partial charge in [-0.15, -0.1) is 0 Å². The highest BCUT2D eigenvalue weighted by molar-refractivity contribution is 6.13. The molecule has 136 valence electrons. The van der Waals surface area contributed by atoms with Crippen LogP contribution in [0.25, 0.3) is 6.08 Å². The van der Waals surface area contributed by atoms with Crippen molar-refractivity contribution in [1.29, 1.82) is 0 Å². The van der Waals surface area contributed by atoms with Crippen LogP contribution in [0.1, 0.15) is 36.5 Å². The second-order valence-corrected chi connectivity index (χ2v) is 6.63. The van der Waals surface area contributed by atoms with Crippen molar-refractivity contribution < 1.29 is 14.3 Å². The zero-order valence-corrected chi connectivity index (χ0v) is 15.1. The molecule has 0 saturated carbocycles. The summed E-state index contributed by atoms with van der Waals surface area (Å²) in [5.74, 6) is -0.0224. The van der Waals surface area contributed by atoms with Crippen molar-refractivity contribution in [2.45, 2.75) is 26.2 Å². The molecule has 0 spiro atoms. The van der Waals surface area contributed by atoms with E-state index in [0.29, 0.717) is 12.0 Å². The number of esters is 1. The Morgan fingerprint density at radius 3 is 2.44 bits per heavy atom. The summed E-state index contributed by atoms with van der Waals surface area (Å²) < 4.78 is 5.33. The highest BCUT2D eigenvalue weighted by atomic mass is 16.6. The molecule has 1 amide bonds. The van der Waals surface area contributed by atoms with Crippen LogP contribution in [0.15, 0.2) is 59.2 Å². The van der Waals surface area contributed by atoms with E-state index in [0.717, 1.165) is 30.6 Å². The first-order valence-corrected chi connectivity index (χ1v) is 9.16. The van der Waals surface area contributed by atoms with E-state index in [-0.39, 0.29) is 17.5 Å². The maximum absolute atomic E-state index is 12.1. The first kappa shape index (κ1) is 17.2. The number of anilines is 1. The standard InChI is InChI=1S/C22H20N2O3/c1-2-15-5-7-16(8-6-15)14-19-22(26)27-21(23-19)17-9-11-18(12-10-17)24-13-3-4-20(24)25/h5-12,14H,2-4,13H2,1H3. The molecule has 27 heavy (non-hydrogen) atoms. The summed E-state index contributed by atoms with van der Waals surface area (Å²) in [6.07, 6.45) is 4.18. The monoisotopic (exact) mass is 360 g/mol. The Balaban J connectivity index is 1.55. The zero-order valence-electron chi connectivity index (χ0n) is 15.1. The second-order valence-electron chi connectivity index (χ2n) is 6.63. The van der Waals surface area contributed by atoms with Gasteiger partial charge in [-0.05, 0) is 54.3 Å². The molecule has 0 atom stereocenters. The number of aryl methyl sites for hydroxylation is 1. The van der Waals surface area contributed by atoms with Crippen LogP contribution in [0, 0.1) is 0 Å². The van der Waals surface area contributed by atoms with E-state index in [9.17, 15) is 9.59 Å². The number of carbonyl (C=O) groups excluding carboxylic acids is 2. The van der Waals surface area contributed by atoms with Gasteiger partial charge in [-0.2, -0.15) is 0 Å². The molecule has 5 heteroatoms. The average molecular weight is 360 g/mol. The molecule has 5 nitrogen and oxygen atoms in total. The van der Waals surface area contributed by atoms with Gasteiger partial charge in [0.25, 0.3) is 0 Å².